The molecule has 0 aliphatic carbocycles. The molecule has 0 spiro atoms. The molecule has 1 aliphatic rings. The summed E-state index contributed by atoms with van der Waals surface area (Å²) in [5, 5.41) is 7.58. The van der Waals surface area contributed by atoms with E-state index in [4.69, 9.17) is 9.47 Å². The Hall–Kier alpha value is -3.01. The Labute approximate surface area is 196 Å². The third kappa shape index (κ3) is 4.19. The van der Waals surface area contributed by atoms with Gasteiger partial charge in [0.15, 0.2) is 0 Å². The van der Waals surface area contributed by atoms with Crippen molar-refractivity contribution in [1.29, 1.82) is 0 Å². The minimum Gasteiger partial charge on any atom is -0.448 e. The largest absolute Gasteiger partial charge is 0.448 e. The maximum atomic E-state index is 13.0. The van der Waals surface area contributed by atoms with Gasteiger partial charge in [-0.15, -0.1) is 11.3 Å². The van der Waals surface area contributed by atoms with Crippen LogP contribution in [0.2, 0.25) is 0 Å². The van der Waals surface area contributed by atoms with Crippen LogP contribution >= 0.6 is 11.3 Å². The highest BCUT2D eigenvalue weighted by atomic mass is 32.1. The fourth-order valence-corrected chi connectivity index (χ4v) is 5.00. The van der Waals surface area contributed by atoms with Crippen molar-refractivity contribution in [2.45, 2.75) is 72.6 Å². The zero-order valence-electron chi connectivity index (χ0n) is 20.1. The molecular formula is C23H29N5O4S. The minimum atomic E-state index is -0.824. The molecule has 176 valence electrons. The average molecular weight is 472 g/mol. The van der Waals surface area contributed by atoms with E-state index in [0.29, 0.717) is 23.6 Å². The van der Waals surface area contributed by atoms with Crippen LogP contribution in [0.3, 0.4) is 0 Å². The summed E-state index contributed by atoms with van der Waals surface area (Å²) in [5.74, 6) is 0.678. The van der Waals surface area contributed by atoms with Gasteiger partial charge >= 0.3 is 12.2 Å². The molecule has 9 nitrogen and oxygen atoms in total. The quantitative estimate of drug-likeness (QED) is 0.542. The highest BCUT2D eigenvalue weighted by Gasteiger charge is 2.48. The summed E-state index contributed by atoms with van der Waals surface area (Å²) >= 11 is 1.56. The summed E-state index contributed by atoms with van der Waals surface area (Å²) < 4.78 is 12.2. The molecule has 0 aromatic carbocycles. The molecule has 10 heteroatoms. The van der Waals surface area contributed by atoms with Crippen molar-refractivity contribution in [3.8, 4) is 0 Å². The number of rotatable bonds is 3. The van der Waals surface area contributed by atoms with Crippen molar-refractivity contribution < 1.29 is 19.1 Å². The number of aromatic nitrogens is 4. The Morgan fingerprint density at radius 1 is 1.18 bits per heavy atom. The van der Waals surface area contributed by atoms with Crippen LogP contribution in [0.5, 0.6) is 0 Å². The lowest BCUT2D eigenvalue weighted by molar-refractivity contribution is 0.00378. The van der Waals surface area contributed by atoms with Crippen molar-refractivity contribution in [2.24, 2.45) is 0 Å². The topological polar surface area (TPSA) is 99.4 Å². The van der Waals surface area contributed by atoms with E-state index in [1.54, 1.807) is 23.2 Å². The fraction of sp³-hybridized carbons (Fsp3) is 0.522. The molecule has 4 rings (SSSR count). The Morgan fingerprint density at radius 2 is 1.91 bits per heavy atom. The average Bonchev–Trinajstić information content (AvgIpc) is 3.35. The highest BCUT2D eigenvalue weighted by Crippen LogP contribution is 2.42. The van der Waals surface area contributed by atoms with Crippen LogP contribution in [-0.4, -0.2) is 49.0 Å². The van der Waals surface area contributed by atoms with Gasteiger partial charge in [0.2, 0.25) is 0 Å². The number of ether oxygens (including phenoxy) is 2. The predicted octanol–water partition coefficient (Wildman–Crippen LogP) is 4.78. The van der Waals surface area contributed by atoms with E-state index < -0.39 is 23.3 Å². The molecular weight excluding hydrogens is 442 g/mol. The second-order valence-electron chi connectivity index (χ2n) is 9.54. The summed E-state index contributed by atoms with van der Waals surface area (Å²) in [6.07, 6.45) is -0.606. The van der Waals surface area contributed by atoms with Gasteiger partial charge in [0.1, 0.15) is 16.3 Å². The highest BCUT2D eigenvalue weighted by molar-refractivity contribution is 7.16. The van der Waals surface area contributed by atoms with Crippen molar-refractivity contribution in [2.75, 3.05) is 6.61 Å². The summed E-state index contributed by atoms with van der Waals surface area (Å²) in [6, 6.07) is 1.99. The number of fused-ring (bicyclic) bond motifs is 2. The molecule has 0 saturated carbocycles. The maximum absolute atomic E-state index is 13.0. The van der Waals surface area contributed by atoms with E-state index in [0.717, 1.165) is 21.5 Å². The number of carbonyl (C=O) groups excluding carboxylic acids is 2. The normalized spacial score (nSPS) is 15.1. The summed E-state index contributed by atoms with van der Waals surface area (Å²) in [4.78, 5) is 37.5. The number of hydrogen-bond acceptors (Lipinski definition) is 8. The van der Waals surface area contributed by atoms with Gasteiger partial charge in [0.25, 0.3) is 0 Å². The van der Waals surface area contributed by atoms with Gasteiger partial charge in [-0.1, -0.05) is 0 Å². The van der Waals surface area contributed by atoms with Crippen molar-refractivity contribution >= 4 is 33.7 Å². The van der Waals surface area contributed by atoms with Crippen LogP contribution in [0.15, 0.2) is 11.4 Å². The lowest BCUT2D eigenvalue weighted by atomic mass is 9.99. The molecule has 0 saturated heterocycles. The van der Waals surface area contributed by atoms with Crippen LogP contribution in [-0.2, 0) is 28.0 Å². The Balaban J connectivity index is 1.80. The molecule has 0 atom stereocenters. The lowest BCUT2D eigenvalue weighted by Crippen LogP contribution is -2.44. The Morgan fingerprint density at radius 3 is 2.58 bits per heavy atom. The summed E-state index contributed by atoms with van der Waals surface area (Å²) in [7, 11) is 0. The second kappa shape index (κ2) is 8.09. The van der Waals surface area contributed by atoms with E-state index in [2.05, 4.69) is 15.1 Å². The molecule has 1 aliphatic heterocycles. The molecule has 33 heavy (non-hydrogen) atoms. The standard InChI is InChI=1S/C23H29N5O4S/c1-8-31-21(30)28-18-15(12-27(23(18,6)7)20(29)32-22(3,4)5)17(26-28)11-16-14-9-10-33-19(14)25-13(2)24-16/h9-10H,8,11-12H2,1-7H3. The molecule has 0 bridgehead atoms. The first-order chi connectivity index (χ1) is 15.4. The van der Waals surface area contributed by atoms with Crippen molar-refractivity contribution in [3.05, 3.63) is 39.9 Å². The molecule has 3 aromatic rings. The third-order valence-electron chi connectivity index (χ3n) is 5.54. The molecule has 0 radical (unpaired) electrons. The second-order valence-corrected chi connectivity index (χ2v) is 10.4. The van der Waals surface area contributed by atoms with Gasteiger partial charge in [-0.2, -0.15) is 9.78 Å². The van der Waals surface area contributed by atoms with Gasteiger partial charge in [-0.25, -0.2) is 19.6 Å². The van der Waals surface area contributed by atoms with Crippen LogP contribution in [0.4, 0.5) is 9.59 Å². The predicted molar refractivity (Wildman–Crippen MR) is 124 cm³/mol. The molecule has 1 amide bonds. The first-order valence-electron chi connectivity index (χ1n) is 10.9. The summed E-state index contributed by atoms with van der Waals surface area (Å²) in [5.41, 5.74) is 1.51. The van der Waals surface area contributed by atoms with E-state index in [1.165, 1.54) is 4.68 Å². The van der Waals surface area contributed by atoms with Crippen LogP contribution in [0.25, 0.3) is 10.2 Å². The number of nitrogens with zero attached hydrogens (tertiary/aromatic N) is 5. The fourth-order valence-electron chi connectivity index (χ4n) is 4.17. The first kappa shape index (κ1) is 23.2. The van der Waals surface area contributed by atoms with Gasteiger partial charge in [0.05, 0.1) is 35.8 Å². The lowest BCUT2D eigenvalue weighted by Gasteiger charge is -2.34. The molecule has 4 heterocycles. The molecule has 0 unspecified atom stereocenters. The smallest absolute Gasteiger partial charge is 0.435 e. The Bertz CT molecular complexity index is 1240. The van der Waals surface area contributed by atoms with Crippen LogP contribution in [0, 0.1) is 6.92 Å². The molecule has 0 fully saturated rings. The monoisotopic (exact) mass is 471 g/mol. The van der Waals surface area contributed by atoms with Gasteiger partial charge in [-0.05, 0) is 59.9 Å². The van der Waals surface area contributed by atoms with E-state index in [1.807, 2.05) is 53.0 Å². The number of amides is 1. The van der Waals surface area contributed by atoms with E-state index in [-0.39, 0.29) is 13.2 Å². The third-order valence-corrected chi connectivity index (χ3v) is 6.35. The number of hydrogen-bond donors (Lipinski definition) is 0. The molecule has 0 N–H and O–H groups in total. The summed E-state index contributed by atoms with van der Waals surface area (Å²) in [6.45, 7) is 13.4. The van der Waals surface area contributed by atoms with Crippen LogP contribution < -0.4 is 0 Å². The SMILES string of the molecule is CCOC(=O)n1nc(Cc2nc(C)nc3sccc23)c2c1C(C)(C)N(C(=O)OC(C)(C)C)C2. The molecule has 3 aromatic heterocycles. The van der Waals surface area contributed by atoms with Crippen molar-refractivity contribution in [1.82, 2.24) is 24.6 Å². The van der Waals surface area contributed by atoms with Crippen LogP contribution in [0.1, 0.15) is 70.0 Å². The Kier molecular flexibility index (Phi) is 5.68. The maximum Gasteiger partial charge on any atom is 0.435 e. The number of aryl methyl sites for hydroxylation is 1. The zero-order chi connectivity index (χ0) is 24.1. The number of thiophene rings is 1. The first-order valence-corrected chi connectivity index (χ1v) is 11.8. The minimum absolute atomic E-state index is 0.222. The van der Waals surface area contributed by atoms with Crippen molar-refractivity contribution in [3.63, 3.8) is 0 Å². The van der Waals surface area contributed by atoms with Gasteiger partial charge in [0, 0.05) is 17.4 Å². The van der Waals surface area contributed by atoms with Gasteiger partial charge in [-0.3, -0.25) is 4.90 Å². The van der Waals surface area contributed by atoms with E-state index in [9.17, 15) is 9.59 Å². The van der Waals surface area contributed by atoms with E-state index >= 15 is 0 Å². The zero-order valence-corrected chi connectivity index (χ0v) is 20.9. The van der Waals surface area contributed by atoms with Gasteiger partial charge < -0.3 is 9.47 Å². The number of carbonyl (C=O) groups is 2.